The highest BCUT2D eigenvalue weighted by atomic mass is 16.5. The van der Waals surface area contributed by atoms with Crippen LogP contribution in [0.15, 0.2) is 24.3 Å². The van der Waals surface area contributed by atoms with Crippen molar-refractivity contribution in [3.63, 3.8) is 0 Å². The average Bonchev–Trinajstić information content (AvgIpc) is 2.61. The van der Waals surface area contributed by atoms with E-state index in [0.29, 0.717) is 11.4 Å². The normalized spacial score (nSPS) is 14.8. The van der Waals surface area contributed by atoms with E-state index in [0.717, 1.165) is 49.3 Å². The molecule has 0 N–H and O–H groups in total. The van der Waals surface area contributed by atoms with Gasteiger partial charge in [-0.05, 0) is 18.2 Å². The van der Waals surface area contributed by atoms with Crippen LogP contribution in [0.2, 0.25) is 0 Å². The lowest BCUT2D eigenvalue weighted by molar-refractivity contribution is 0.0443. The van der Waals surface area contributed by atoms with Crippen LogP contribution < -0.4 is 4.74 Å². The van der Waals surface area contributed by atoms with E-state index >= 15 is 0 Å². The standard InChI is InChI=1S/C18H17N3O2/c1-22-18-16(13-19)12-15-5-4-14(11-17(15)20-18)3-2-6-21-7-9-23-10-8-21/h4-5,11-12H,6-10H2,1H3. The zero-order valence-electron chi connectivity index (χ0n) is 13.0. The van der Waals surface area contributed by atoms with Gasteiger partial charge in [-0.15, -0.1) is 0 Å². The first-order valence-corrected chi connectivity index (χ1v) is 7.48. The van der Waals surface area contributed by atoms with Gasteiger partial charge >= 0.3 is 0 Å². The van der Waals surface area contributed by atoms with E-state index in [1.54, 1.807) is 6.07 Å². The molecule has 0 bridgehead atoms. The first kappa shape index (κ1) is 15.3. The molecule has 23 heavy (non-hydrogen) atoms. The fourth-order valence-electron chi connectivity index (χ4n) is 2.48. The molecule has 0 atom stereocenters. The Bertz CT molecular complexity index is 809. The minimum atomic E-state index is 0.346. The Morgan fingerprint density at radius 2 is 2.13 bits per heavy atom. The average molecular weight is 307 g/mol. The van der Waals surface area contributed by atoms with Crippen molar-refractivity contribution in [2.75, 3.05) is 40.0 Å². The summed E-state index contributed by atoms with van der Waals surface area (Å²) in [6.07, 6.45) is 0. The van der Waals surface area contributed by atoms with Crippen molar-refractivity contribution in [2.45, 2.75) is 0 Å². The summed E-state index contributed by atoms with van der Waals surface area (Å²) in [6, 6.07) is 9.68. The fourth-order valence-corrected chi connectivity index (χ4v) is 2.48. The monoisotopic (exact) mass is 307 g/mol. The van der Waals surface area contributed by atoms with Crippen LogP contribution in [-0.2, 0) is 4.74 Å². The highest BCUT2D eigenvalue weighted by Gasteiger charge is 2.08. The van der Waals surface area contributed by atoms with Crippen molar-refractivity contribution in [1.82, 2.24) is 9.88 Å². The van der Waals surface area contributed by atoms with Gasteiger partial charge in [0.2, 0.25) is 5.88 Å². The van der Waals surface area contributed by atoms with Crippen LogP contribution in [0.1, 0.15) is 11.1 Å². The second-order valence-corrected chi connectivity index (χ2v) is 5.25. The molecule has 1 aromatic heterocycles. The van der Waals surface area contributed by atoms with Crippen LogP contribution >= 0.6 is 0 Å². The van der Waals surface area contributed by atoms with Gasteiger partial charge in [-0.25, -0.2) is 4.98 Å². The van der Waals surface area contributed by atoms with Crippen LogP contribution in [0.5, 0.6) is 5.88 Å². The van der Waals surface area contributed by atoms with Crippen LogP contribution in [0.25, 0.3) is 10.9 Å². The number of benzene rings is 1. The largest absolute Gasteiger partial charge is 0.480 e. The van der Waals surface area contributed by atoms with E-state index < -0.39 is 0 Å². The Hall–Kier alpha value is -2.60. The zero-order chi connectivity index (χ0) is 16.1. The third-order valence-electron chi connectivity index (χ3n) is 3.74. The molecule has 0 spiro atoms. The summed E-state index contributed by atoms with van der Waals surface area (Å²) < 4.78 is 10.5. The molecule has 5 nitrogen and oxygen atoms in total. The van der Waals surface area contributed by atoms with Crippen molar-refractivity contribution < 1.29 is 9.47 Å². The third kappa shape index (κ3) is 3.60. The SMILES string of the molecule is COc1nc2cc(C#CCN3CCOCC3)ccc2cc1C#N. The minimum absolute atomic E-state index is 0.346. The Kier molecular flexibility index (Phi) is 4.73. The molecule has 2 aromatic rings. The number of rotatable bonds is 2. The van der Waals surface area contributed by atoms with Crippen molar-refractivity contribution in [1.29, 1.82) is 5.26 Å². The van der Waals surface area contributed by atoms with Gasteiger partial charge in [-0.1, -0.05) is 17.9 Å². The van der Waals surface area contributed by atoms with Crippen molar-refractivity contribution >= 4 is 10.9 Å². The second-order valence-electron chi connectivity index (χ2n) is 5.25. The van der Waals surface area contributed by atoms with E-state index in [4.69, 9.17) is 14.7 Å². The predicted molar refractivity (Wildman–Crippen MR) is 87.1 cm³/mol. The number of pyridine rings is 1. The first-order valence-electron chi connectivity index (χ1n) is 7.48. The van der Waals surface area contributed by atoms with Crippen molar-refractivity contribution in [3.8, 4) is 23.8 Å². The number of methoxy groups -OCH3 is 1. The lowest BCUT2D eigenvalue weighted by atomic mass is 10.1. The molecule has 0 saturated carbocycles. The molecule has 1 fully saturated rings. The lowest BCUT2D eigenvalue weighted by Crippen LogP contribution is -2.36. The molecule has 0 radical (unpaired) electrons. The Morgan fingerprint density at radius 1 is 1.30 bits per heavy atom. The molecule has 2 heterocycles. The maximum Gasteiger partial charge on any atom is 0.231 e. The highest BCUT2D eigenvalue weighted by molar-refractivity contribution is 5.82. The number of fused-ring (bicyclic) bond motifs is 1. The molecule has 5 heteroatoms. The molecule has 1 saturated heterocycles. The van der Waals surface area contributed by atoms with E-state index in [2.05, 4.69) is 27.8 Å². The summed E-state index contributed by atoms with van der Waals surface area (Å²) in [5.74, 6) is 6.71. The zero-order valence-corrected chi connectivity index (χ0v) is 13.0. The fraction of sp³-hybridized carbons (Fsp3) is 0.333. The van der Waals surface area contributed by atoms with Gasteiger partial charge in [-0.3, -0.25) is 4.90 Å². The van der Waals surface area contributed by atoms with Gasteiger partial charge in [0.25, 0.3) is 0 Å². The Labute approximate surface area is 135 Å². The topological polar surface area (TPSA) is 58.4 Å². The molecule has 116 valence electrons. The lowest BCUT2D eigenvalue weighted by Gasteiger charge is -2.24. The molecular formula is C18H17N3O2. The number of aromatic nitrogens is 1. The summed E-state index contributed by atoms with van der Waals surface area (Å²) in [5, 5.41) is 10.0. The number of hydrogen-bond acceptors (Lipinski definition) is 5. The van der Waals surface area contributed by atoms with E-state index in [1.165, 1.54) is 7.11 Å². The molecule has 3 rings (SSSR count). The van der Waals surface area contributed by atoms with Crippen molar-refractivity contribution in [2.24, 2.45) is 0 Å². The molecular weight excluding hydrogens is 290 g/mol. The second kappa shape index (κ2) is 7.11. The van der Waals surface area contributed by atoms with Gasteiger partial charge in [0.1, 0.15) is 11.6 Å². The quantitative estimate of drug-likeness (QED) is 0.792. The first-order chi connectivity index (χ1) is 11.3. The smallest absolute Gasteiger partial charge is 0.231 e. The molecule has 0 amide bonds. The van der Waals surface area contributed by atoms with Gasteiger partial charge < -0.3 is 9.47 Å². The maximum absolute atomic E-state index is 9.10. The number of ether oxygens (including phenoxy) is 2. The summed E-state index contributed by atoms with van der Waals surface area (Å²) in [5.41, 5.74) is 2.12. The number of nitriles is 1. The summed E-state index contributed by atoms with van der Waals surface area (Å²) >= 11 is 0. The molecule has 1 aliphatic heterocycles. The summed E-state index contributed by atoms with van der Waals surface area (Å²) in [7, 11) is 1.51. The summed E-state index contributed by atoms with van der Waals surface area (Å²) in [4.78, 5) is 6.66. The Morgan fingerprint density at radius 3 is 2.87 bits per heavy atom. The van der Waals surface area contributed by atoms with E-state index in [-0.39, 0.29) is 0 Å². The van der Waals surface area contributed by atoms with Crippen LogP contribution in [-0.4, -0.2) is 49.8 Å². The van der Waals surface area contributed by atoms with Gasteiger partial charge in [0, 0.05) is 24.0 Å². The van der Waals surface area contributed by atoms with E-state index in [1.807, 2.05) is 18.2 Å². The number of nitrogens with zero attached hydrogens (tertiary/aromatic N) is 3. The molecule has 0 unspecified atom stereocenters. The Balaban J connectivity index is 1.81. The highest BCUT2D eigenvalue weighted by Crippen LogP contribution is 2.22. The maximum atomic E-state index is 9.10. The summed E-state index contributed by atoms with van der Waals surface area (Å²) in [6.45, 7) is 4.17. The molecule has 0 aliphatic carbocycles. The van der Waals surface area contributed by atoms with Crippen LogP contribution in [0.3, 0.4) is 0 Å². The molecule has 1 aliphatic rings. The predicted octanol–water partition coefficient (Wildman–Crippen LogP) is 1.80. The van der Waals surface area contributed by atoms with Crippen LogP contribution in [0.4, 0.5) is 0 Å². The van der Waals surface area contributed by atoms with Gasteiger partial charge in [0.15, 0.2) is 0 Å². The number of morpholine rings is 1. The van der Waals surface area contributed by atoms with Crippen LogP contribution in [0, 0.1) is 23.2 Å². The molecule has 1 aromatic carbocycles. The van der Waals surface area contributed by atoms with Gasteiger partial charge in [-0.2, -0.15) is 5.26 Å². The van der Waals surface area contributed by atoms with Crippen molar-refractivity contribution in [3.05, 3.63) is 35.4 Å². The number of hydrogen-bond donors (Lipinski definition) is 0. The third-order valence-corrected chi connectivity index (χ3v) is 3.74. The van der Waals surface area contributed by atoms with Gasteiger partial charge in [0.05, 0.1) is 32.4 Å². The van der Waals surface area contributed by atoms with E-state index in [9.17, 15) is 0 Å². The minimum Gasteiger partial charge on any atom is -0.480 e.